The van der Waals surface area contributed by atoms with Crippen LogP contribution in [0.2, 0.25) is 5.02 Å². The highest BCUT2D eigenvalue weighted by molar-refractivity contribution is 6.30. The Kier molecular flexibility index (Phi) is 5.38. The first-order valence-electron chi connectivity index (χ1n) is 6.96. The Morgan fingerprint density at radius 1 is 1.50 bits per heavy atom. The molecule has 1 fully saturated rings. The van der Waals surface area contributed by atoms with E-state index in [1.807, 2.05) is 13.0 Å². The molecular formula is C15H17ClN2O4. The molecule has 0 aliphatic carbocycles. The van der Waals surface area contributed by atoms with Crippen molar-refractivity contribution < 1.29 is 19.1 Å². The fraction of sp³-hybridized carbons (Fsp3) is 0.400. The Morgan fingerprint density at radius 3 is 2.91 bits per heavy atom. The maximum atomic E-state index is 11.8. The zero-order valence-corrected chi connectivity index (χ0v) is 12.9. The van der Waals surface area contributed by atoms with E-state index in [2.05, 4.69) is 10.6 Å². The van der Waals surface area contributed by atoms with Gasteiger partial charge in [0.15, 0.2) is 6.61 Å². The van der Waals surface area contributed by atoms with E-state index in [-0.39, 0.29) is 18.6 Å². The van der Waals surface area contributed by atoms with Gasteiger partial charge < -0.3 is 15.4 Å². The van der Waals surface area contributed by atoms with E-state index in [0.29, 0.717) is 17.9 Å². The van der Waals surface area contributed by atoms with Crippen LogP contribution in [0.3, 0.4) is 0 Å². The molecular weight excluding hydrogens is 308 g/mol. The molecule has 118 valence electrons. The smallest absolute Gasteiger partial charge is 0.329 e. The molecule has 0 aromatic heterocycles. The van der Waals surface area contributed by atoms with Crippen LogP contribution < -0.4 is 10.6 Å². The standard InChI is InChI=1S/C15H17ClN2O4/c1-9(10-3-2-4-11(16)7-10)17-14(20)8-22-15(21)12-5-6-13(19)18-12/h2-4,7,9,12H,5-6,8H2,1H3,(H,17,20)(H,18,19)/t9-,12+/m1/s1. The summed E-state index contributed by atoms with van der Waals surface area (Å²) in [6.45, 7) is 1.43. The second-order valence-corrected chi connectivity index (χ2v) is 5.55. The van der Waals surface area contributed by atoms with Gasteiger partial charge in [0.25, 0.3) is 5.91 Å². The average molecular weight is 325 g/mol. The van der Waals surface area contributed by atoms with Crippen molar-refractivity contribution in [1.82, 2.24) is 10.6 Å². The van der Waals surface area contributed by atoms with Crippen molar-refractivity contribution in [2.45, 2.75) is 31.8 Å². The summed E-state index contributed by atoms with van der Waals surface area (Å²) in [5.74, 6) is -1.18. The van der Waals surface area contributed by atoms with Crippen molar-refractivity contribution in [3.8, 4) is 0 Å². The van der Waals surface area contributed by atoms with Crippen LogP contribution in [0.5, 0.6) is 0 Å². The van der Waals surface area contributed by atoms with Gasteiger partial charge in [0.2, 0.25) is 5.91 Å². The molecule has 1 aliphatic heterocycles. The van der Waals surface area contributed by atoms with Crippen molar-refractivity contribution in [2.24, 2.45) is 0 Å². The summed E-state index contributed by atoms with van der Waals surface area (Å²) in [4.78, 5) is 34.5. The first-order valence-corrected chi connectivity index (χ1v) is 7.34. The highest BCUT2D eigenvalue weighted by Gasteiger charge is 2.28. The summed E-state index contributed by atoms with van der Waals surface area (Å²) in [5, 5.41) is 5.79. The Labute approximate surface area is 133 Å². The zero-order valence-electron chi connectivity index (χ0n) is 12.1. The zero-order chi connectivity index (χ0) is 16.1. The maximum Gasteiger partial charge on any atom is 0.329 e. The number of ether oxygens (including phenoxy) is 1. The van der Waals surface area contributed by atoms with E-state index in [9.17, 15) is 14.4 Å². The van der Waals surface area contributed by atoms with Crippen LogP contribution in [0.25, 0.3) is 0 Å². The highest BCUT2D eigenvalue weighted by atomic mass is 35.5. The summed E-state index contributed by atoms with van der Waals surface area (Å²) < 4.78 is 4.90. The van der Waals surface area contributed by atoms with Gasteiger partial charge in [0, 0.05) is 11.4 Å². The molecule has 1 aromatic carbocycles. The second kappa shape index (κ2) is 7.26. The van der Waals surface area contributed by atoms with Gasteiger partial charge in [-0.2, -0.15) is 0 Å². The molecule has 0 unspecified atom stereocenters. The lowest BCUT2D eigenvalue weighted by Gasteiger charge is -2.15. The van der Waals surface area contributed by atoms with Crippen LogP contribution in [-0.4, -0.2) is 30.4 Å². The molecule has 1 aromatic rings. The lowest BCUT2D eigenvalue weighted by Crippen LogP contribution is -2.37. The molecule has 0 spiro atoms. The predicted molar refractivity (Wildman–Crippen MR) is 80.1 cm³/mol. The van der Waals surface area contributed by atoms with Crippen molar-refractivity contribution >= 4 is 29.4 Å². The number of hydrogen-bond donors (Lipinski definition) is 2. The second-order valence-electron chi connectivity index (χ2n) is 5.11. The number of carbonyl (C=O) groups excluding carboxylic acids is 3. The predicted octanol–water partition coefficient (Wildman–Crippen LogP) is 1.34. The molecule has 2 atom stereocenters. The summed E-state index contributed by atoms with van der Waals surface area (Å²) in [7, 11) is 0. The summed E-state index contributed by atoms with van der Waals surface area (Å²) in [6.07, 6.45) is 0.704. The van der Waals surface area contributed by atoms with Gasteiger partial charge in [-0.3, -0.25) is 9.59 Å². The molecule has 6 nitrogen and oxygen atoms in total. The number of amides is 2. The molecule has 1 aliphatic rings. The lowest BCUT2D eigenvalue weighted by atomic mass is 10.1. The van der Waals surface area contributed by atoms with E-state index < -0.39 is 17.9 Å². The number of carbonyl (C=O) groups is 3. The fourth-order valence-electron chi connectivity index (χ4n) is 2.17. The number of nitrogens with one attached hydrogen (secondary N) is 2. The molecule has 0 bridgehead atoms. The molecule has 1 heterocycles. The maximum absolute atomic E-state index is 11.8. The number of benzene rings is 1. The van der Waals surface area contributed by atoms with E-state index in [0.717, 1.165) is 5.56 Å². The van der Waals surface area contributed by atoms with Gasteiger partial charge in [0.05, 0.1) is 6.04 Å². The molecule has 0 radical (unpaired) electrons. The quantitative estimate of drug-likeness (QED) is 0.800. The Morgan fingerprint density at radius 2 is 2.27 bits per heavy atom. The van der Waals surface area contributed by atoms with Gasteiger partial charge in [-0.15, -0.1) is 0 Å². The van der Waals surface area contributed by atoms with Crippen molar-refractivity contribution in [1.29, 1.82) is 0 Å². The third-order valence-electron chi connectivity index (χ3n) is 3.35. The van der Waals surface area contributed by atoms with Crippen LogP contribution in [0.1, 0.15) is 31.4 Å². The third-order valence-corrected chi connectivity index (χ3v) is 3.59. The number of rotatable bonds is 5. The normalized spacial score (nSPS) is 18.5. The Balaban J connectivity index is 1.78. The average Bonchev–Trinajstić information content (AvgIpc) is 2.91. The van der Waals surface area contributed by atoms with Gasteiger partial charge >= 0.3 is 5.97 Å². The van der Waals surface area contributed by atoms with E-state index in [4.69, 9.17) is 16.3 Å². The Bertz CT molecular complexity index is 591. The minimum Gasteiger partial charge on any atom is -0.454 e. The van der Waals surface area contributed by atoms with Gasteiger partial charge in [-0.05, 0) is 31.0 Å². The first-order chi connectivity index (χ1) is 10.5. The highest BCUT2D eigenvalue weighted by Crippen LogP contribution is 2.17. The number of esters is 1. The lowest BCUT2D eigenvalue weighted by molar-refractivity contribution is -0.150. The largest absolute Gasteiger partial charge is 0.454 e. The van der Waals surface area contributed by atoms with Crippen molar-refractivity contribution in [3.63, 3.8) is 0 Å². The Hall–Kier alpha value is -2.08. The first kappa shape index (κ1) is 16.3. The van der Waals surface area contributed by atoms with E-state index in [1.54, 1.807) is 18.2 Å². The molecule has 2 rings (SSSR count). The molecule has 22 heavy (non-hydrogen) atoms. The van der Waals surface area contributed by atoms with Crippen molar-refractivity contribution in [3.05, 3.63) is 34.9 Å². The van der Waals surface area contributed by atoms with Crippen LogP contribution in [0.4, 0.5) is 0 Å². The fourth-order valence-corrected chi connectivity index (χ4v) is 2.37. The van der Waals surface area contributed by atoms with Crippen LogP contribution in [0.15, 0.2) is 24.3 Å². The third kappa shape index (κ3) is 4.46. The van der Waals surface area contributed by atoms with Crippen molar-refractivity contribution in [2.75, 3.05) is 6.61 Å². The summed E-state index contributed by atoms with van der Waals surface area (Å²) >= 11 is 5.90. The van der Waals surface area contributed by atoms with Crippen LogP contribution >= 0.6 is 11.6 Å². The SMILES string of the molecule is C[C@@H](NC(=O)COC(=O)[C@@H]1CCC(=O)N1)c1cccc(Cl)c1. The minimum absolute atomic E-state index is 0.180. The summed E-state index contributed by atoms with van der Waals surface area (Å²) in [6, 6.07) is 6.24. The van der Waals surface area contributed by atoms with E-state index in [1.165, 1.54) is 0 Å². The molecule has 7 heteroatoms. The molecule has 0 saturated carbocycles. The monoisotopic (exact) mass is 324 g/mol. The van der Waals surface area contributed by atoms with Gasteiger partial charge in [-0.25, -0.2) is 4.79 Å². The van der Waals surface area contributed by atoms with Gasteiger partial charge in [-0.1, -0.05) is 23.7 Å². The van der Waals surface area contributed by atoms with Gasteiger partial charge in [0.1, 0.15) is 6.04 Å². The topological polar surface area (TPSA) is 84.5 Å². The van der Waals surface area contributed by atoms with E-state index >= 15 is 0 Å². The molecule has 1 saturated heterocycles. The van der Waals surface area contributed by atoms with Crippen LogP contribution in [0, 0.1) is 0 Å². The molecule has 2 amide bonds. The summed E-state index contributed by atoms with van der Waals surface area (Å²) in [5.41, 5.74) is 0.857. The molecule has 2 N–H and O–H groups in total. The number of hydrogen-bond acceptors (Lipinski definition) is 4. The van der Waals surface area contributed by atoms with Crippen LogP contribution in [-0.2, 0) is 19.1 Å². The number of halogens is 1. The minimum atomic E-state index is -0.648.